The second-order valence-electron chi connectivity index (χ2n) is 4.21. The fourth-order valence-corrected chi connectivity index (χ4v) is 2.37. The molecule has 1 N–H and O–H groups in total. The third kappa shape index (κ3) is 3.32. The average molecular weight is 271 g/mol. The zero-order chi connectivity index (χ0) is 11.4. The lowest BCUT2D eigenvalue weighted by Gasteiger charge is -2.20. The number of aliphatic hydroxyl groups excluding tert-OH is 1. The summed E-state index contributed by atoms with van der Waals surface area (Å²) in [6.45, 7) is 6.30. The van der Waals surface area contributed by atoms with Crippen molar-refractivity contribution in [2.24, 2.45) is 5.92 Å². The maximum atomic E-state index is 10.2. The van der Waals surface area contributed by atoms with Crippen molar-refractivity contribution >= 4 is 15.9 Å². The highest BCUT2D eigenvalue weighted by Crippen LogP contribution is 2.29. The van der Waals surface area contributed by atoms with Crippen LogP contribution in [0.2, 0.25) is 0 Å². The third-order valence-electron chi connectivity index (χ3n) is 2.83. The van der Waals surface area contributed by atoms with Crippen molar-refractivity contribution in [3.05, 3.63) is 33.8 Å². The van der Waals surface area contributed by atoms with Gasteiger partial charge in [0, 0.05) is 4.47 Å². The molecule has 1 aromatic rings. The Hall–Kier alpha value is -0.340. The molecular formula is C13H19BrO. The van der Waals surface area contributed by atoms with Gasteiger partial charge in [-0.05, 0) is 42.5 Å². The maximum absolute atomic E-state index is 10.2. The van der Waals surface area contributed by atoms with E-state index >= 15 is 0 Å². The Kier molecular flexibility index (Phi) is 4.81. The van der Waals surface area contributed by atoms with E-state index in [1.165, 1.54) is 0 Å². The first kappa shape index (κ1) is 12.7. The predicted molar refractivity (Wildman–Crippen MR) is 67.9 cm³/mol. The molecule has 0 bridgehead atoms. The third-order valence-corrected chi connectivity index (χ3v) is 3.33. The zero-order valence-corrected chi connectivity index (χ0v) is 11.2. The van der Waals surface area contributed by atoms with Gasteiger partial charge in [-0.25, -0.2) is 0 Å². The van der Waals surface area contributed by atoms with Gasteiger partial charge in [0.25, 0.3) is 0 Å². The lowest BCUT2D eigenvalue weighted by Crippen LogP contribution is -2.10. The van der Waals surface area contributed by atoms with Crippen LogP contribution in [0, 0.1) is 12.8 Å². The minimum absolute atomic E-state index is 0.329. The quantitative estimate of drug-likeness (QED) is 0.869. The van der Waals surface area contributed by atoms with Crippen LogP contribution in [0.4, 0.5) is 0 Å². The Morgan fingerprint density at radius 1 is 1.40 bits per heavy atom. The van der Waals surface area contributed by atoms with Gasteiger partial charge in [0.2, 0.25) is 0 Å². The Bertz CT molecular complexity index is 322. The topological polar surface area (TPSA) is 20.2 Å². The molecule has 0 radical (unpaired) electrons. The van der Waals surface area contributed by atoms with Crippen LogP contribution in [0.5, 0.6) is 0 Å². The lowest BCUT2D eigenvalue weighted by molar-refractivity contribution is 0.111. The summed E-state index contributed by atoms with van der Waals surface area (Å²) in [5.41, 5.74) is 2.21. The monoisotopic (exact) mass is 270 g/mol. The molecule has 0 aliphatic rings. The van der Waals surface area contributed by atoms with E-state index in [0.717, 1.165) is 28.4 Å². The molecule has 1 nitrogen and oxygen atoms in total. The fraction of sp³-hybridized carbons (Fsp3) is 0.538. The smallest absolute Gasteiger partial charge is 0.0818 e. The Balaban J connectivity index is 2.86. The molecule has 84 valence electrons. The molecule has 0 saturated heterocycles. The number of hydrogen-bond acceptors (Lipinski definition) is 1. The standard InChI is InChI=1S/C13H19BrO/c1-4-5-9(2)13(15)12-7-6-11(14)8-10(12)3/h6-9,13,15H,4-5H2,1-3H3. The molecule has 0 aliphatic heterocycles. The van der Waals surface area contributed by atoms with Crippen molar-refractivity contribution in [2.45, 2.75) is 39.7 Å². The molecule has 15 heavy (non-hydrogen) atoms. The second-order valence-corrected chi connectivity index (χ2v) is 5.13. The molecule has 1 aromatic carbocycles. The first-order chi connectivity index (χ1) is 7.06. The van der Waals surface area contributed by atoms with Gasteiger partial charge in [-0.15, -0.1) is 0 Å². The number of halogens is 1. The predicted octanol–water partition coefficient (Wildman–Crippen LogP) is 4.23. The molecule has 1 rings (SSSR count). The Labute approximate surface area is 101 Å². The minimum Gasteiger partial charge on any atom is -0.388 e. The minimum atomic E-state index is -0.335. The average Bonchev–Trinajstić information content (AvgIpc) is 2.17. The van der Waals surface area contributed by atoms with E-state index in [-0.39, 0.29) is 6.10 Å². The van der Waals surface area contributed by atoms with Crippen LogP contribution in [0.25, 0.3) is 0 Å². The molecule has 2 heteroatoms. The van der Waals surface area contributed by atoms with Crippen LogP contribution in [0.1, 0.15) is 43.9 Å². The van der Waals surface area contributed by atoms with Gasteiger partial charge in [0.05, 0.1) is 6.10 Å². The molecule has 0 aromatic heterocycles. The lowest BCUT2D eigenvalue weighted by atomic mass is 9.91. The number of aliphatic hydroxyl groups is 1. The summed E-state index contributed by atoms with van der Waals surface area (Å²) < 4.78 is 1.07. The van der Waals surface area contributed by atoms with Crippen molar-refractivity contribution in [1.29, 1.82) is 0 Å². The molecule has 2 atom stereocenters. The van der Waals surface area contributed by atoms with Crippen molar-refractivity contribution < 1.29 is 5.11 Å². The first-order valence-corrected chi connectivity index (χ1v) is 6.29. The maximum Gasteiger partial charge on any atom is 0.0818 e. The molecule has 0 amide bonds. The van der Waals surface area contributed by atoms with Crippen LogP contribution < -0.4 is 0 Å². The van der Waals surface area contributed by atoms with Gasteiger partial charge in [0.15, 0.2) is 0 Å². The van der Waals surface area contributed by atoms with Crippen molar-refractivity contribution in [3.8, 4) is 0 Å². The van der Waals surface area contributed by atoms with Crippen molar-refractivity contribution in [1.82, 2.24) is 0 Å². The summed E-state index contributed by atoms with van der Waals surface area (Å²) in [5.74, 6) is 0.329. The van der Waals surface area contributed by atoms with Crippen LogP contribution in [-0.2, 0) is 0 Å². The van der Waals surface area contributed by atoms with E-state index in [9.17, 15) is 5.11 Å². The van der Waals surface area contributed by atoms with Crippen LogP contribution in [-0.4, -0.2) is 5.11 Å². The van der Waals surface area contributed by atoms with Gasteiger partial charge < -0.3 is 5.11 Å². The van der Waals surface area contributed by atoms with E-state index in [4.69, 9.17) is 0 Å². The largest absolute Gasteiger partial charge is 0.388 e. The highest BCUT2D eigenvalue weighted by molar-refractivity contribution is 9.10. The van der Waals surface area contributed by atoms with Gasteiger partial charge in [-0.3, -0.25) is 0 Å². The summed E-state index contributed by atoms with van der Waals surface area (Å²) in [4.78, 5) is 0. The van der Waals surface area contributed by atoms with E-state index < -0.39 is 0 Å². The molecule has 0 saturated carbocycles. The van der Waals surface area contributed by atoms with E-state index in [2.05, 4.69) is 35.8 Å². The van der Waals surface area contributed by atoms with Crippen LogP contribution in [0.3, 0.4) is 0 Å². The Morgan fingerprint density at radius 2 is 2.07 bits per heavy atom. The highest BCUT2D eigenvalue weighted by Gasteiger charge is 2.17. The van der Waals surface area contributed by atoms with E-state index in [1.54, 1.807) is 0 Å². The Morgan fingerprint density at radius 3 is 2.60 bits per heavy atom. The van der Waals surface area contributed by atoms with Crippen molar-refractivity contribution in [2.75, 3.05) is 0 Å². The normalized spacial score (nSPS) is 15.0. The van der Waals surface area contributed by atoms with Crippen molar-refractivity contribution in [3.63, 3.8) is 0 Å². The number of aryl methyl sites for hydroxylation is 1. The molecule has 0 heterocycles. The van der Waals surface area contributed by atoms with Gasteiger partial charge >= 0.3 is 0 Å². The van der Waals surface area contributed by atoms with Crippen LogP contribution >= 0.6 is 15.9 Å². The summed E-state index contributed by atoms with van der Waals surface area (Å²) >= 11 is 3.43. The van der Waals surface area contributed by atoms with E-state index in [0.29, 0.717) is 5.92 Å². The number of benzene rings is 1. The molecule has 0 aliphatic carbocycles. The van der Waals surface area contributed by atoms with Crippen LogP contribution in [0.15, 0.2) is 22.7 Å². The molecule has 0 spiro atoms. The van der Waals surface area contributed by atoms with Gasteiger partial charge in [-0.2, -0.15) is 0 Å². The summed E-state index contributed by atoms with van der Waals surface area (Å²) in [6.07, 6.45) is 1.85. The second kappa shape index (κ2) is 5.66. The molecule has 0 fully saturated rings. The number of hydrogen-bond donors (Lipinski definition) is 1. The van der Waals surface area contributed by atoms with Gasteiger partial charge in [0.1, 0.15) is 0 Å². The SMILES string of the molecule is CCCC(C)C(O)c1ccc(Br)cc1C. The van der Waals surface area contributed by atoms with E-state index in [1.807, 2.05) is 19.1 Å². The number of rotatable bonds is 4. The first-order valence-electron chi connectivity index (χ1n) is 5.50. The fourth-order valence-electron chi connectivity index (χ4n) is 1.89. The highest BCUT2D eigenvalue weighted by atomic mass is 79.9. The molecular weight excluding hydrogens is 252 g/mol. The summed E-state index contributed by atoms with van der Waals surface area (Å²) in [6, 6.07) is 6.05. The van der Waals surface area contributed by atoms with Gasteiger partial charge in [-0.1, -0.05) is 42.3 Å². The molecule has 2 unspecified atom stereocenters. The summed E-state index contributed by atoms with van der Waals surface area (Å²) in [5, 5.41) is 10.2. The summed E-state index contributed by atoms with van der Waals surface area (Å²) in [7, 11) is 0. The zero-order valence-electron chi connectivity index (χ0n) is 9.63.